The average molecular weight is 194 g/mol. The van der Waals surface area contributed by atoms with E-state index in [1.807, 2.05) is 0 Å². The van der Waals surface area contributed by atoms with E-state index in [1.54, 1.807) is 6.07 Å². The number of rotatable bonds is 2. The van der Waals surface area contributed by atoms with Crippen LogP contribution in [0.15, 0.2) is 24.3 Å². The average Bonchev–Trinajstić information content (AvgIpc) is 1.82. The number of halogens is 3. The summed E-state index contributed by atoms with van der Waals surface area (Å²) < 4.78 is 28.1. The van der Waals surface area contributed by atoms with Gasteiger partial charge in [0.1, 0.15) is 5.75 Å². The monoisotopic (exact) mass is 193 g/mol. The van der Waals surface area contributed by atoms with Crippen molar-refractivity contribution < 1.29 is 13.5 Å². The van der Waals surface area contributed by atoms with Crippen molar-refractivity contribution in [2.75, 3.05) is 5.73 Å². The van der Waals surface area contributed by atoms with Gasteiger partial charge in [0.25, 0.3) is 0 Å². The van der Waals surface area contributed by atoms with Crippen molar-refractivity contribution in [3.05, 3.63) is 24.3 Å². The molecule has 0 bridgehead atoms. The molecule has 0 aromatic heterocycles. The molecule has 0 aliphatic carbocycles. The normalized spacial score (nSPS) is 11.2. The number of ether oxygens (including phenoxy) is 1. The predicted octanol–water partition coefficient (Wildman–Crippen LogP) is 2.44. The van der Waals surface area contributed by atoms with Crippen molar-refractivity contribution in [1.29, 1.82) is 0 Å². The minimum Gasteiger partial charge on any atom is -0.420 e. The lowest BCUT2D eigenvalue weighted by Crippen LogP contribution is -2.15. The SMILES string of the molecule is Nc1cccc(OC(F)(F)Cl)c1. The van der Waals surface area contributed by atoms with Gasteiger partial charge in [0.15, 0.2) is 0 Å². The van der Waals surface area contributed by atoms with E-state index in [0.29, 0.717) is 5.69 Å². The van der Waals surface area contributed by atoms with Crippen molar-refractivity contribution in [3.8, 4) is 5.75 Å². The molecule has 1 rings (SSSR count). The van der Waals surface area contributed by atoms with E-state index in [0.717, 1.165) is 0 Å². The van der Waals surface area contributed by atoms with Gasteiger partial charge in [-0.2, -0.15) is 0 Å². The first-order valence-corrected chi connectivity index (χ1v) is 3.46. The second-order valence-corrected chi connectivity index (χ2v) is 2.56. The zero-order valence-corrected chi connectivity index (χ0v) is 6.68. The second-order valence-electron chi connectivity index (χ2n) is 2.12. The van der Waals surface area contributed by atoms with E-state index in [2.05, 4.69) is 16.3 Å². The molecule has 0 fully saturated rings. The van der Waals surface area contributed by atoms with Gasteiger partial charge < -0.3 is 10.5 Å². The highest BCUT2D eigenvalue weighted by molar-refractivity contribution is 6.20. The van der Waals surface area contributed by atoms with Gasteiger partial charge in [-0.3, -0.25) is 0 Å². The number of alkyl halides is 3. The first-order valence-electron chi connectivity index (χ1n) is 3.09. The summed E-state index contributed by atoms with van der Waals surface area (Å²) in [5.41, 5.74) is 1.96. The molecule has 0 saturated heterocycles. The van der Waals surface area contributed by atoms with Crippen LogP contribution in [0.4, 0.5) is 14.5 Å². The summed E-state index contributed by atoms with van der Waals surface area (Å²) in [5.74, 6) is -0.0602. The molecule has 0 amide bonds. The Morgan fingerprint density at radius 1 is 1.42 bits per heavy atom. The highest BCUT2D eigenvalue weighted by Gasteiger charge is 2.27. The first kappa shape index (κ1) is 9.06. The van der Waals surface area contributed by atoms with Gasteiger partial charge in [0.05, 0.1) is 0 Å². The molecule has 0 unspecified atom stereocenters. The molecule has 1 aromatic carbocycles. The van der Waals surface area contributed by atoms with Gasteiger partial charge in [-0.05, 0) is 12.1 Å². The highest BCUT2D eigenvalue weighted by Crippen LogP contribution is 2.25. The van der Waals surface area contributed by atoms with Gasteiger partial charge in [-0.15, -0.1) is 8.78 Å². The molecule has 2 N–H and O–H groups in total. The number of nitrogens with two attached hydrogens (primary N) is 1. The van der Waals surface area contributed by atoms with Gasteiger partial charge in [-0.25, -0.2) is 0 Å². The van der Waals surface area contributed by atoms with E-state index >= 15 is 0 Å². The minimum absolute atomic E-state index is 0.0602. The summed E-state index contributed by atoms with van der Waals surface area (Å²) in [6.07, 6.45) is 0. The fourth-order valence-electron chi connectivity index (χ4n) is 0.712. The van der Waals surface area contributed by atoms with Crippen LogP contribution >= 0.6 is 11.6 Å². The molecular weight excluding hydrogens is 188 g/mol. The standard InChI is InChI=1S/C7H6ClF2NO/c8-7(9,10)12-6-3-1-2-5(11)4-6/h1-4H,11H2. The van der Waals surface area contributed by atoms with Crippen LogP contribution < -0.4 is 10.5 Å². The van der Waals surface area contributed by atoms with E-state index in [4.69, 9.17) is 5.73 Å². The van der Waals surface area contributed by atoms with Crippen LogP contribution in [0.5, 0.6) is 5.75 Å². The minimum atomic E-state index is -3.69. The Labute approximate surface area is 72.9 Å². The van der Waals surface area contributed by atoms with Crippen molar-refractivity contribution in [2.45, 2.75) is 5.57 Å². The summed E-state index contributed by atoms with van der Waals surface area (Å²) in [5, 5.41) is 0. The second kappa shape index (κ2) is 3.15. The van der Waals surface area contributed by atoms with Crippen molar-refractivity contribution >= 4 is 17.3 Å². The Morgan fingerprint density at radius 2 is 2.08 bits per heavy atom. The maximum Gasteiger partial charge on any atom is 0.487 e. The van der Waals surface area contributed by atoms with Crippen LogP contribution in [-0.2, 0) is 0 Å². The van der Waals surface area contributed by atoms with Gasteiger partial charge >= 0.3 is 5.57 Å². The maximum atomic E-state index is 12.0. The van der Waals surface area contributed by atoms with Crippen LogP contribution in [0.25, 0.3) is 0 Å². The van der Waals surface area contributed by atoms with Gasteiger partial charge in [-0.1, -0.05) is 6.07 Å². The zero-order valence-electron chi connectivity index (χ0n) is 5.93. The molecule has 2 nitrogen and oxygen atoms in total. The first-order chi connectivity index (χ1) is 5.47. The highest BCUT2D eigenvalue weighted by atomic mass is 35.5. The summed E-state index contributed by atoms with van der Waals surface area (Å²) in [6, 6.07) is 5.65. The van der Waals surface area contributed by atoms with Gasteiger partial charge in [0.2, 0.25) is 0 Å². The summed E-state index contributed by atoms with van der Waals surface area (Å²) >= 11 is 4.52. The Bertz CT molecular complexity index is 274. The molecule has 0 saturated carbocycles. The summed E-state index contributed by atoms with van der Waals surface area (Å²) in [4.78, 5) is 0. The summed E-state index contributed by atoms with van der Waals surface area (Å²) in [7, 11) is 0. The topological polar surface area (TPSA) is 35.2 Å². The number of hydrogen-bond donors (Lipinski definition) is 1. The number of hydrogen-bond acceptors (Lipinski definition) is 2. The zero-order chi connectivity index (χ0) is 9.19. The van der Waals surface area contributed by atoms with Crippen molar-refractivity contribution in [3.63, 3.8) is 0 Å². The van der Waals surface area contributed by atoms with Crippen molar-refractivity contribution in [2.24, 2.45) is 0 Å². The van der Waals surface area contributed by atoms with E-state index in [-0.39, 0.29) is 5.75 Å². The van der Waals surface area contributed by atoms with Crippen molar-refractivity contribution in [1.82, 2.24) is 0 Å². The van der Waals surface area contributed by atoms with Crippen LogP contribution in [0.3, 0.4) is 0 Å². The van der Waals surface area contributed by atoms with Crippen LogP contribution in [0, 0.1) is 0 Å². The van der Waals surface area contributed by atoms with E-state index in [1.165, 1.54) is 18.2 Å². The lowest BCUT2D eigenvalue weighted by atomic mass is 10.3. The van der Waals surface area contributed by atoms with E-state index in [9.17, 15) is 8.78 Å². The smallest absolute Gasteiger partial charge is 0.420 e. The van der Waals surface area contributed by atoms with Crippen LogP contribution in [0.1, 0.15) is 0 Å². The quantitative estimate of drug-likeness (QED) is 0.578. The van der Waals surface area contributed by atoms with Gasteiger partial charge in [0, 0.05) is 23.4 Å². The number of anilines is 1. The largest absolute Gasteiger partial charge is 0.487 e. The molecule has 0 heterocycles. The Kier molecular flexibility index (Phi) is 2.38. The molecule has 0 radical (unpaired) electrons. The molecular formula is C7H6ClF2NO. The molecule has 0 aliphatic rings. The third kappa shape index (κ3) is 2.92. The fraction of sp³-hybridized carbons (Fsp3) is 0.143. The number of benzene rings is 1. The lowest BCUT2D eigenvalue weighted by Gasteiger charge is -2.10. The predicted molar refractivity (Wildman–Crippen MR) is 42.3 cm³/mol. The van der Waals surface area contributed by atoms with Crippen LogP contribution in [-0.4, -0.2) is 5.57 Å². The molecule has 5 heteroatoms. The molecule has 0 atom stereocenters. The number of nitrogen functional groups attached to an aromatic ring is 1. The molecule has 12 heavy (non-hydrogen) atoms. The molecule has 0 spiro atoms. The molecule has 1 aromatic rings. The third-order valence-corrected chi connectivity index (χ3v) is 1.17. The summed E-state index contributed by atoms with van der Waals surface area (Å²) in [6.45, 7) is 0. The molecule has 0 aliphatic heterocycles. The van der Waals surface area contributed by atoms with E-state index < -0.39 is 5.57 Å². The third-order valence-electron chi connectivity index (χ3n) is 1.09. The molecule has 66 valence electrons. The Morgan fingerprint density at radius 3 is 2.58 bits per heavy atom. The fourth-order valence-corrected chi connectivity index (χ4v) is 0.801. The van der Waals surface area contributed by atoms with Crippen LogP contribution in [0.2, 0.25) is 0 Å². The maximum absolute atomic E-state index is 12.0. The Hall–Kier alpha value is -1.03. The lowest BCUT2D eigenvalue weighted by molar-refractivity contribution is -0.0964. The Balaban J connectivity index is 2.77.